The van der Waals surface area contributed by atoms with Crippen LogP contribution in [0, 0.1) is 0 Å². The summed E-state index contributed by atoms with van der Waals surface area (Å²) in [4.78, 5) is 13.7. The van der Waals surface area contributed by atoms with E-state index in [1.54, 1.807) is 48.2 Å². The van der Waals surface area contributed by atoms with Gasteiger partial charge in [0, 0.05) is 30.2 Å². The highest BCUT2D eigenvalue weighted by Crippen LogP contribution is 2.29. The molecule has 0 bridgehead atoms. The third kappa shape index (κ3) is 7.53. The third-order valence-electron chi connectivity index (χ3n) is 4.25. The zero-order valence-electron chi connectivity index (χ0n) is 17.2. The van der Waals surface area contributed by atoms with E-state index >= 15 is 0 Å². The van der Waals surface area contributed by atoms with Crippen molar-refractivity contribution in [1.29, 1.82) is 0 Å². The highest BCUT2D eigenvalue weighted by molar-refractivity contribution is 7.98. The highest BCUT2D eigenvalue weighted by Gasteiger charge is 2.28. The summed E-state index contributed by atoms with van der Waals surface area (Å²) >= 11 is 1.61. The number of hydrogen-bond donors (Lipinski definition) is 3. The molecule has 0 aliphatic carbocycles. The summed E-state index contributed by atoms with van der Waals surface area (Å²) in [5.74, 6) is 0.544. The fourth-order valence-electron chi connectivity index (χ4n) is 2.90. The molecule has 30 heavy (non-hydrogen) atoms. The third-order valence-corrected chi connectivity index (χ3v) is 4.99. The van der Waals surface area contributed by atoms with Gasteiger partial charge in [0.05, 0.1) is 6.61 Å². The van der Waals surface area contributed by atoms with Crippen molar-refractivity contribution in [2.75, 3.05) is 38.0 Å². The summed E-state index contributed by atoms with van der Waals surface area (Å²) in [5.41, 5.74) is 1.29. The van der Waals surface area contributed by atoms with Gasteiger partial charge >= 0.3 is 6.09 Å². The Labute approximate surface area is 181 Å². The van der Waals surface area contributed by atoms with Crippen LogP contribution >= 0.6 is 11.8 Å². The van der Waals surface area contributed by atoms with Crippen molar-refractivity contribution < 1.29 is 29.2 Å². The van der Waals surface area contributed by atoms with Gasteiger partial charge in [-0.3, -0.25) is 5.32 Å². The van der Waals surface area contributed by atoms with Crippen LogP contribution in [0.3, 0.4) is 0 Å². The minimum atomic E-state index is -0.750. The molecule has 1 amide bonds. The molecule has 0 heterocycles. The Kier molecular flexibility index (Phi) is 10.5. The molecule has 0 radical (unpaired) electrons. The standard InChI is InChI=1S/C22H29NO6S/c1-3-27-20(11-12-24)21(16-5-4-6-18(15-16)28-14-13-25)29-22(26)23-17-7-9-19(30-2)10-8-17/h4-10,15,20-21,24-25H,3,11-14H2,1-2H3,(H,23,26)/t20-,21-/m0/s1. The Morgan fingerprint density at radius 1 is 1.13 bits per heavy atom. The van der Waals surface area contributed by atoms with Crippen LogP contribution in [-0.4, -0.2) is 55.1 Å². The van der Waals surface area contributed by atoms with E-state index in [2.05, 4.69) is 5.32 Å². The molecule has 2 atom stereocenters. The molecule has 0 aromatic heterocycles. The minimum Gasteiger partial charge on any atom is -0.491 e. The summed E-state index contributed by atoms with van der Waals surface area (Å²) < 4.78 is 17.0. The number of hydrogen-bond acceptors (Lipinski definition) is 7. The number of aliphatic hydroxyl groups excluding tert-OH is 2. The Bertz CT molecular complexity index is 764. The van der Waals surface area contributed by atoms with Gasteiger partial charge in [-0.15, -0.1) is 11.8 Å². The second kappa shape index (κ2) is 13.1. The van der Waals surface area contributed by atoms with Gasteiger partial charge in [0.15, 0.2) is 6.10 Å². The average molecular weight is 436 g/mol. The molecule has 2 rings (SSSR count). The number of ether oxygens (including phenoxy) is 3. The Morgan fingerprint density at radius 3 is 2.53 bits per heavy atom. The lowest BCUT2D eigenvalue weighted by Gasteiger charge is -2.27. The van der Waals surface area contributed by atoms with Gasteiger partial charge < -0.3 is 24.4 Å². The van der Waals surface area contributed by atoms with E-state index in [1.807, 2.05) is 25.3 Å². The predicted octanol–water partition coefficient (Wildman–Crippen LogP) is 3.86. The molecular formula is C22H29NO6S. The molecule has 2 aromatic carbocycles. The predicted molar refractivity (Wildman–Crippen MR) is 117 cm³/mol. The van der Waals surface area contributed by atoms with Crippen LogP contribution in [0.25, 0.3) is 0 Å². The molecule has 7 nitrogen and oxygen atoms in total. The molecule has 2 aromatic rings. The number of aliphatic hydroxyl groups is 2. The van der Waals surface area contributed by atoms with E-state index in [0.717, 1.165) is 4.90 Å². The zero-order valence-corrected chi connectivity index (χ0v) is 18.1. The molecule has 0 saturated heterocycles. The Morgan fingerprint density at radius 2 is 1.90 bits per heavy atom. The molecule has 0 aliphatic rings. The van der Waals surface area contributed by atoms with E-state index in [-0.39, 0.29) is 19.8 Å². The number of rotatable bonds is 12. The molecule has 3 N–H and O–H groups in total. The molecule has 0 fully saturated rings. The number of anilines is 1. The maximum Gasteiger partial charge on any atom is 0.412 e. The van der Waals surface area contributed by atoms with E-state index < -0.39 is 18.3 Å². The molecular weight excluding hydrogens is 406 g/mol. The van der Waals surface area contributed by atoms with Gasteiger partial charge in [-0.05, 0) is 55.1 Å². The van der Waals surface area contributed by atoms with Crippen molar-refractivity contribution in [2.45, 2.75) is 30.4 Å². The first kappa shape index (κ1) is 24.0. The van der Waals surface area contributed by atoms with Gasteiger partial charge in [-0.2, -0.15) is 0 Å². The summed E-state index contributed by atoms with van der Waals surface area (Å²) in [6.45, 7) is 2.20. The SMILES string of the molecule is CCO[C@@H](CCO)[C@@H](OC(=O)Nc1ccc(SC)cc1)c1cccc(OCCO)c1. The summed E-state index contributed by atoms with van der Waals surface area (Å²) in [5, 5.41) is 21.2. The second-order valence-electron chi connectivity index (χ2n) is 6.33. The molecule has 0 spiro atoms. The van der Waals surface area contributed by atoms with Gasteiger partial charge in [-0.1, -0.05) is 12.1 Å². The van der Waals surface area contributed by atoms with Crippen molar-refractivity contribution >= 4 is 23.5 Å². The number of thioether (sulfide) groups is 1. The van der Waals surface area contributed by atoms with Crippen LogP contribution in [0.4, 0.5) is 10.5 Å². The summed E-state index contributed by atoms with van der Waals surface area (Å²) in [7, 11) is 0. The maximum atomic E-state index is 12.6. The minimum absolute atomic E-state index is 0.103. The van der Waals surface area contributed by atoms with E-state index in [1.165, 1.54) is 0 Å². The first-order valence-electron chi connectivity index (χ1n) is 9.79. The lowest BCUT2D eigenvalue weighted by atomic mass is 10.0. The van der Waals surface area contributed by atoms with Gasteiger partial charge in [0.1, 0.15) is 18.5 Å². The second-order valence-corrected chi connectivity index (χ2v) is 7.21. The smallest absolute Gasteiger partial charge is 0.412 e. The number of carbonyl (C=O) groups excluding carboxylic acids is 1. The van der Waals surface area contributed by atoms with Gasteiger partial charge in [0.25, 0.3) is 0 Å². The van der Waals surface area contributed by atoms with E-state index in [9.17, 15) is 9.90 Å². The topological polar surface area (TPSA) is 97.2 Å². The molecule has 0 aliphatic heterocycles. The van der Waals surface area contributed by atoms with E-state index in [0.29, 0.717) is 30.0 Å². The highest BCUT2D eigenvalue weighted by atomic mass is 32.2. The zero-order chi connectivity index (χ0) is 21.8. The van der Waals surface area contributed by atoms with E-state index in [4.69, 9.17) is 19.3 Å². The first-order chi connectivity index (χ1) is 14.6. The lowest BCUT2D eigenvalue weighted by Crippen LogP contribution is -2.29. The van der Waals surface area contributed by atoms with Crippen LogP contribution in [0.15, 0.2) is 53.4 Å². The number of benzene rings is 2. The van der Waals surface area contributed by atoms with Crippen LogP contribution < -0.4 is 10.1 Å². The fourth-order valence-corrected chi connectivity index (χ4v) is 3.31. The van der Waals surface area contributed by atoms with Gasteiger partial charge in [-0.25, -0.2) is 4.79 Å². The Hall–Kier alpha value is -2.26. The first-order valence-corrected chi connectivity index (χ1v) is 11.0. The lowest BCUT2D eigenvalue weighted by molar-refractivity contribution is -0.0484. The summed E-state index contributed by atoms with van der Waals surface area (Å²) in [6, 6.07) is 14.5. The fraction of sp³-hybridized carbons (Fsp3) is 0.409. The normalized spacial score (nSPS) is 12.8. The van der Waals surface area contributed by atoms with Crippen LogP contribution in [0.5, 0.6) is 5.75 Å². The number of amides is 1. The molecule has 8 heteroatoms. The average Bonchev–Trinajstić information content (AvgIpc) is 2.76. The van der Waals surface area contributed by atoms with Crippen LogP contribution in [-0.2, 0) is 9.47 Å². The number of nitrogens with one attached hydrogen (secondary N) is 1. The van der Waals surface area contributed by atoms with Crippen molar-refractivity contribution in [1.82, 2.24) is 0 Å². The van der Waals surface area contributed by atoms with Crippen LogP contribution in [0.2, 0.25) is 0 Å². The van der Waals surface area contributed by atoms with Crippen molar-refractivity contribution in [3.63, 3.8) is 0 Å². The molecule has 0 saturated carbocycles. The quantitative estimate of drug-likeness (QED) is 0.436. The maximum absolute atomic E-state index is 12.6. The van der Waals surface area contributed by atoms with Gasteiger partial charge in [0.2, 0.25) is 0 Å². The Balaban J connectivity index is 2.20. The largest absolute Gasteiger partial charge is 0.491 e. The molecule has 0 unspecified atom stereocenters. The van der Waals surface area contributed by atoms with Crippen molar-refractivity contribution in [3.8, 4) is 5.75 Å². The summed E-state index contributed by atoms with van der Waals surface area (Å²) in [6.07, 6.45) is 0.379. The van der Waals surface area contributed by atoms with Crippen molar-refractivity contribution in [2.24, 2.45) is 0 Å². The van der Waals surface area contributed by atoms with Crippen LogP contribution in [0.1, 0.15) is 25.0 Å². The monoisotopic (exact) mass is 435 g/mol. The van der Waals surface area contributed by atoms with Crippen molar-refractivity contribution in [3.05, 3.63) is 54.1 Å². The number of carbonyl (C=O) groups is 1. The molecule has 164 valence electrons.